The molecule has 2 N–H and O–H groups in total. The fraction of sp³-hybridized carbons (Fsp3) is 0.417. The molecule has 1 amide bonds. The van der Waals surface area contributed by atoms with Crippen molar-refractivity contribution in [3.8, 4) is 0 Å². The lowest BCUT2D eigenvalue weighted by Gasteiger charge is -2.34. The van der Waals surface area contributed by atoms with Crippen LogP contribution in [0.5, 0.6) is 0 Å². The van der Waals surface area contributed by atoms with Crippen LogP contribution in [0.4, 0.5) is 5.82 Å². The molecule has 2 saturated heterocycles. The van der Waals surface area contributed by atoms with Gasteiger partial charge >= 0.3 is 5.97 Å². The number of fused-ring (bicyclic) bond motifs is 1. The van der Waals surface area contributed by atoms with Gasteiger partial charge in [-0.3, -0.25) is 28.5 Å². The summed E-state index contributed by atoms with van der Waals surface area (Å²) in [7, 11) is 2.05. The van der Waals surface area contributed by atoms with E-state index in [4.69, 9.17) is 32.2 Å². The number of carbonyl (C=O) groups is 3. The number of carboxylic acids is 2. The van der Waals surface area contributed by atoms with Gasteiger partial charge in [0.1, 0.15) is 15.8 Å². The predicted molar refractivity (Wildman–Crippen MR) is 146 cm³/mol. The zero-order valence-corrected chi connectivity index (χ0v) is 22.5. The van der Waals surface area contributed by atoms with Crippen molar-refractivity contribution in [2.75, 3.05) is 44.7 Å². The molecule has 2 fully saturated rings. The number of carboxylic acid groups (broad SMARTS) is 2. The van der Waals surface area contributed by atoms with Crippen LogP contribution in [0.1, 0.15) is 30.9 Å². The van der Waals surface area contributed by atoms with Crippen LogP contribution in [-0.2, 0) is 14.4 Å². The number of rotatable bonds is 6. The van der Waals surface area contributed by atoms with Crippen LogP contribution in [0, 0.1) is 6.92 Å². The Bertz CT molecular complexity index is 1310. The molecular formula is C24H29N5O6S2. The molecule has 4 rings (SSSR count). The number of likely N-dealkylation sites (N-methyl/N-ethyl adjacent to an activating group) is 1. The Morgan fingerprint density at radius 1 is 1.16 bits per heavy atom. The summed E-state index contributed by atoms with van der Waals surface area (Å²) in [6, 6.07) is 3.74. The Kier molecular flexibility index (Phi) is 9.40. The van der Waals surface area contributed by atoms with Crippen molar-refractivity contribution in [1.82, 2.24) is 19.2 Å². The standard InChI is InChI=1S/C22H25N5O4S2.C2H4O2/c1-14-5-6-17-23-19(25-10-8-24(2)9-11-25)15(20(30)27(17)13-14)12-16-21(31)26(22(32)33-16)7-3-4-18(28)29;1-2(3)4/h5-6,12-13H,3-4,7-11H2,1-2H3,(H,28,29);1H3,(H,3,4)/b16-12-;. The number of aliphatic carboxylic acids is 2. The minimum Gasteiger partial charge on any atom is -0.481 e. The fourth-order valence-electron chi connectivity index (χ4n) is 3.84. The van der Waals surface area contributed by atoms with E-state index >= 15 is 0 Å². The van der Waals surface area contributed by atoms with E-state index in [0.717, 1.165) is 50.4 Å². The lowest BCUT2D eigenvalue weighted by Crippen LogP contribution is -2.45. The van der Waals surface area contributed by atoms with E-state index in [1.54, 1.807) is 12.3 Å². The summed E-state index contributed by atoms with van der Waals surface area (Å²) in [5.41, 5.74) is 1.59. The molecule has 0 aromatic carbocycles. The molecule has 2 aliphatic heterocycles. The summed E-state index contributed by atoms with van der Waals surface area (Å²) < 4.78 is 1.87. The van der Waals surface area contributed by atoms with Crippen LogP contribution in [-0.4, -0.2) is 91.3 Å². The Labute approximate surface area is 223 Å². The lowest BCUT2D eigenvalue weighted by molar-refractivity contribution is -0.137. The van der Waals surface area contributed by atoms with Crippen molar-refractivity contribution in [3.63, 3.8) is 0 Å². The van der Waals surface area contributed by atoms with Crippen LogP contribution in [0.25, 0.3) is 11.7 Å². The molecule has 0 radical (unpaired) electrons. The van der Waals surface area contributed by atoms with Gasteiger partial charge < -0.3 is 20.0 Å². The van der Waals surface area contributed by atoms with Crippen molar-refractivity contribution in [2.24, 2.45) is 0 Å². The van der Waals surface area contributed by atoms with Gasteiger partial charge in [0.05, 0.1) is 10.5 Å². The first-order valence-corrected chi connectivity index (χ1v) is 12.8. The van der Waals surface area contributed by atoms with E-state index in [1.165, 1.54) is 9.30 Å². The average molecular weight is 548 g/mol. The van der Waals surface area contributed by atoms with Crippen molar-refractivity contribution in [2.45, 2.75) is 26.7 Å². The van der Waals surface area contributed by atoms with Crippen LogP contribution in [0.3, 0.4) is 0 Å². The van der Waals surface area contributed by atoms with Gasteiger partial charge in [-0.1, -0.05) is 30.0 Å². The Morgan fingerprint density at radius 2 is 1.81 bits per heavy atom. The number of thioether (sulfide) groups is 1. The van der Waals surface area contributed by atoms with E-state index < -0.39 is 11.9 Å². The number of aromatic nitrogens is 2. The molecule has 0 atom stereocenters. The Balaban J connectivity index is 0.000000886. The van der Waals surface area contributed by atoms with Gasteiger partial charge in [0.15, 0.2) is 0 Å². The summed E-state index contributed by atoms with van der Waals surface area (Å²) in [6.45, 7) is 6.36. The van der Waals surface area contributed by atoms with Crippen molar-refractivity contribution >= 4 is 63.7 Å². The third kappa shape index (κ3) is 7.14. The minimum atomic E-state index is -0.918. The maximum absolute atomic E-state index is 13.5. The third-order valence-electron chi connectivity index (χ3n) is 5.71. The Hall–Kier alpha value is -3.29. The number of hydrogen-bond acceptors (Lipinski definition) is 9. The number of amides is 1. The smallest absolute Gasteiger partial charge is 0.303 e. The number of hydrogen-bond donors (Lipinski definition) is 2. The SMILES string of the molecule is CC(=O)O.Cc1ccc2nc(N3CCN(C)CC3)c(/C=C3\SC(=S)N(CCCC(=O)O)C3=O)c(=O)n2c1. The number of aryl methyl sites for hydroxylation is 1. The van der Waals surface area contributed by atoms with E-state index in [-0.39, 0.29) is 24.4 Å². The Morgan fingerprint density at radius 3 is 2.43 bits per heavy atom. The molecule has 2 aromatic heterocycles. The van der Waals surface area contributed by atoms with Gasteiger partial charge in [0.2, 0.25) is 0 Å². The van der Waals surface area contributed by atoms with Crippen molar-refractivity contribution in [3.05, 3.63) is 44.7 Å². The highest BCUT2D eigenvalue weighted by molar-refractivity contribution is 8.26. The summed E-state index contributed by atoms with van der Waals surface area (Å²) in [5, 5.41) is 16.3. The summed E-state index contributed by atoms with van der Waals surface area (Å²) >= 11 is 6.48. The number of carbonyl (C=O) groups excluding carboxylic acids is 1. The molecule has 0 unspecified atom stereocenters. The second kappa shape index (κ2) is 12.3. The third-order valence-corrected chi connectivity index (χ3v) is 7.09. The van der Waals surface area contributed by atoms with Crippen molar-refractivity contribution < 1.29 is 24.6 Å². The summed E-state index contributed by atoms with van der Waals surface area (Å²) in [4.78, 5) is 57.2. The zero-order valence-electron chi connectivity index (χ0n) is 20.8. The average Bonchev–Trinajstić information content (AvgIpc) is 3.08. The van der Waals surface area contributed by atoms with E-state index in [2.05, 4.69) is 16.8 Å². The molecular weight excluding hydrogens is 518 g/mol. The molecule has 4 heterocycles. The molecule has 198 valence electrons. The van der Waals surface area contributed by atoms with Gasteiger partial charge in [-0.05, 0) is 38.1 Å². The van der Waals surface area contributed by atoms with E-state index in [1.807, 2.05) is 19.1 Å². The second-order valence-electron chi connectivity index (χ2n) is 8.73. The van der Waals surface area contributed by atoms with Crippen LogP contribution < -0.4 is 10.5 Å². The monoisotopic (exact) mass is 547 g/mol. The number of pyridine rings is 1. The molecule has 0 saturated carbocycles. The maximum Gasteiger partial charge on any atom is 0.303 e. The second-order valence-corrected chi connectivity index (χ2v) is 10.4. The highest BCUT2D eigenvalue weighted by Crippen LogP contribution is 2.33. The van der Waals surface area contributed by atoms with Crippen LogP contribution in [0.2, 0.25) is 0 Å². The molecule has 0 bridgehead atoms. The summed E-state index contributed by atoms with van der Waals surface area (Å²) in [6.07, 6.45) is 3.60. The quantitative estimate of drug-likeness (QED) is 0.405. The normalized spacial score (nSPS) is 17.3. The van der Waals surface area contributed by atoms with E-state index in [0.29, 0.717) is 32.7 Å². The van der Waals surface area contributed by atoms with Crippen molar-refractivity contribution in [1.29, 1.82) is 0 Å². The van der Waals surface area contributed by atoms with Gasteiger partial charge in [0, 0.05) is 52.3 Å². The first-order chi connectivity index (χ1) is 17.5. The minimum absolute atomic E-state index is 0.0427. The maximum atomic E-state index is 13.5. The number of thiocarbonyl (C=S) groups is 1. The topological polar surface area (TPSA) is 136 Å². The molecule has 0 aliphatic carbocycles. The molecule has 37 heavy (non-hydrogen) atoms. The fourth-order valence-corrected chi connectivity index (χ4v) is 5.14. The lowest BCUT2D eigenvalue weighted by atomic mass is 10.2. The predicted octanol–water partition coefficient (Wildman–Crippen LogP) is 1.91. The van der Waals surface area contributed by atoms with Gasteiger partial charge in [-0.15, -0.1) is 0 Å². The number of piperazine rings is 1. The van der Waals surface area contributed by atoms with Crippen LogP contribution in [0.15, 0.2) is 28.0 Å². The van der Waals surface area contributed by atoms with Gasteiger partial charge in [0.25, 0.3) is 17.4 Å². The molecule has 0 spiro atoms. The highest BCUT2D eigenvalue weighted by Gasteiger charge is 2.33. The van der Waals surface area contributed by atoms with E-state index in [9.17, 15) is 14.4 Å². The highest BCUT2D eigenvalue weighted by atomic mass is 32.2. The largest absolute Gasteiger partial charge is 0.481 e. The zero-order chi connectivity index (χ0) is 27.3. The van der Waals surface area contributed by atoms with Crippen LogP contribution >= 0.6 is 24.0 Å². The van der Waals surface area contributed by atoms with Gasteiger partial charge in [-0.25, -0.2) is 4.98 Å². The molecule has 2 aromatic rings. The number of anilines is 1. The summed E-state index contributed by atoms with van der Waals surface area (Å²) in [5.74, 6) is -1.50. The first kappa shape index (κ1) is 28.3. The molecule has 13 heteroatoms. The van der Waals surface area contributed by atoms with Gasteiger partial charge in [-0.2, -0.15) is 0 Å². The molecule has 11 nitrogen and oxygen atoms in total. The first-order valence-electron chi connectivity index (χ1n) is 11.6. The number of nitrogens with zero attached hydrogens (tertiary/aromatic N) is 5. The molecule has 2 aliphatic rings.